The largest absolute Gasteiger partial charge is 0.382 e. The number of hydrogen-bond donors (Lipinski definition) is 3. The van der Waals surface area contributed by atoms with Gasteiger partial charge < -0.3 is 43.0 Å². The molecule has 1 aliphatic carbocycles. The molecule has 2 saturated heterocycles. The number of fused-ring (bicyclic) bond motifs is 6. The summed E-state index contributed by atoms with van der Waals surface area (Å²) < 4.78 is 48.4. The predicted octanol–water partition coefficient (Wildman–Crippen LogP) is 1.75. The summed E-state index contributed by atoms with van der Waals surface area (Å²) in [6.07, 6.45) is 6.03. The molecule has 0 amide bonds. The van der Waals surface area contributed by atoms with Gasteiger partial charge in [-0.05, 0) is 24.1 Å². The highest BCUT2D eigenvalue weighted by Crippen LogP contribution is 2.55. The van der Waals surface area contributed by atoms with E-state index in [1.165, 1.54) is 36.1 Å². The molecule has 0 spiro atoms. The molecule has 7 heterocycles. The topological polar surface area (TPSA) is 221 Å². The predicted molar refractivity (Wildman–Crippen MR) is 161 cm³/mol. The van der Waals surface area contributed by atoms with E-state index in [4.69, 9.17) is 40.4 Å². The molecule has 4 N–H and O–H groups in total. The molecular formula is C24H28N10O8P2S. The summed E-state index contributed by atoms with van der Waals surface area (Å²) >= 11 is 5.35. The molecule has 5 aromatic rings. The third kappa shape index (κ3) is 5.12. The lowest BCUT2D eigenvalue weighted by atomic mass is 9.70. The zero-order valence-electron chi connectivity index (χ0n) is 23.6. The maximum atomic E-state index is 13.7. The molecule has 1 saturated carbocycles. The van der Waals surface area contributed by atoms with Crippen LogP contribution in [0.15, 0.2) is 36.2 Å². The first-order valence-electron chi connectivity index (χ1n) is 14.1. The number of H-pyrrole nitrogens is 1. The van der Waals surface area contributed by atoms with Gasteiger partial charge in [-0.15, -0.1) is 0 Å². The molecule has 18 nitrogen and oxygen atoms in total. The van der Waals surface area contributed by atoms with Gasteiger partial charge >= 0.3 is 14.3 Å². The van der Waals surface area contributed by atoms with Crippen LogP contribution in [-0.4, -0.2) is 87.0 Å². The van der Waals surface area contributed by atoms with Crippen LogP contribution < -0.4 is 11.3 Å². The van der Waals surface area contributed by atoms with Gasteiger partial charge in [0.25, 0.3) is 5.56 Å². The van der Waals surface area contributed by atoms with Gasteiger partial charge in [0.15, 0.2) is 23.2 Å². The smallest absolute Gasteiger partial charge is 0.328 e. The van der Waals surface area contributed by atoms with Crippen LogP contribution in [0.2, 0.25) is 0 Å². The van der Waals surface area contributed by atoms with Crippen LogP contribution >= 0.6 is 14.3 Å². The molecule has 45 heavy (non-hydrogen) atoms. The summed E-state index contributed by atoms with van der Waals surface area (Å²) in [7, 11) is -3.63. The highest BCUT2D eigenvalue weighted by molar-refractivity contribution is 8.07. The molecule has 2 aliphatic heterocycles. The lowest BCUT2D eigenvalue weighted by molar-refractivity contribution is -0.0441. The first-order chi connectivity index (χ1) is 21.6. The van der Waals surface area contributed by atoms with Crippen LogP contribution in [0, 0.1) is 11.8 Å². The summed E-state index contributed by atoms with van der Waals surface area (Å²) in [4.78, 5) is 48.2. The minimum absolute atomic E-state index is 0.0506. The third-order valence-electron chi connectivity index (χ3n) is 8.60. The molecular weight excluding hydrogens is 650 g/mol. The Morgan fingerprint density at radius 3 is 2.71 bits per heavy atom. The van der Waals surface area contributed by atoms with Crippen molar-refractivity contribution in [2.75, 3.05) is 32.2 Å². The van der Waals surface area contributed by atoms with E-state index in [9.17, 15) is 14.3 Å². The van der Waals surface area contributed by atoms with Crippen molar-refractivity contribution in [3.05, 3.63) is 41.7 Å². The van der Waals surface area contributed by atoms with E-state index in [-0.39, 0.29) is 61.0 Å². The van der Waals surface area contributed by atoms with Crippen molar-refractivity contribution in [3.63, 3.8) is 0 Å². The Bertz CT molecular complexity index is 2100. The number of aromatic amines is 1. The zero-order valence-corrected chi connectivity index (χ0v) is 26.3. The van der Waals surface area contributed by atoms with Crippen molar-refractivity contribution < 1.29 is 32.3 Å². The summed E-state index contributed by atoms with van der Waals surface area (Å²) in [5.74, 6) is 0.250. The third-order valence-corrected chi connectivity index (χ3v) is 11.5. The van der Waals surface area contributed by atoms with Gasteiger partial charge in [-0.3, -0.25) is 13.9 Å². The maximum absolute atomic E-state index is 13.7. The molecule has 8 atom stereocenters. The van der Waals surface area contributed by atoms with Gasteiger partial charge in [-0.1, -0.05) is 0 Å². The molecule has 3 fully saturated rings. The van der Waals surface area contributed by atoms with E-state index < -0.39 is 32.8 Å². The lowest BCUT2D eigenvalue weighted by Gasteiger charge is -2.45. The number of anilines is 1. The normalized spacial score (nSPS) is 34.5. The second-order valence-electron chi connectivity index (χ2n) is 11.4. The molecule has 2 bridgehead atoms. The zero-order chi connectivity index (χ0) is 31.1. The van der Waals surface area contributed by atoms with Crippen LogP contribution in [-0.2, 0) is 39.2 Å². The Morgan fingerprint density at radius 2 is 1.84 bits per heavy atom. The Kier molecular flexibility index (Phi) is 6.98. The van der Waals surface area contributed by atoms with Gasteiger partial charge in [0.05, 0.1) is 38.6 Å². The SMILES string of the molecule is C[P@]1(=O)OC[C@H]2C[C@@H](n3cnc4c(N)ncnc43)[C@@H]2COP(O)(=S)OC[C@@H]2C[C@@H](O1)C(n1cnc3c(=O)n4ccnc4[nH]c31)O2. The number of ether oxygens (including phenoxy) is 1. The fourth-order valence-electron chi connectivity index (χ4n) is 6.33. The van der Waals surface area contributed by atoms with E-state index in [0.29, 0.717) is 29.0 Å². The molecule has 5 aromatic heterocycles. The number of nitrogen functional groups attached to an aromatic ring is 1. The van der Waals surface area contributed by atoms with Crippen molar-refractivity contribution in [3.8, 4) is 0 Å². The van der Waals surface area contributed by atoms with Crippen molar-refractivity contribution in [2.45, 2.75) is 37.3 Å². The van der Waals surface area contributed by atoms with Gasteiger partial charge in [0.2, 0.25) is 5.78 Å². The average Bonchev–Trinajstić information content (AvgIpc) is 3.77. The number of hydrogen-bond acceptors (Lipinski definition) is 14. The van der Waals surface area contributed by atoms with Crippen LogP contribution in [0.3, 0.4) is 0 Å². The molecule has 8 rings (SSSR count). The molecule has 238 valence electrons. The number of nitrogens with two attached hydrogens (primary N) is 1. The fourth-order valence-corrected chi connectivity index (χ4v) is 8.69. The van der Waals surface area contributed by atoms with Crippen LogP contribution in [0.1, 0.15) is 25.1 Å². The molecule has 0 radical (unpaired) electrons. The van der Waals surface area contributed by atoms with Crippen molar-refractivity contribution in [2.24, 2.45) is 11.8 Å². The fraction of sp³-hybridized carbons (Fsp3) is 0.500. The van der Waals surface area contributed by atoms with E-state index in [0.717, 1.165) is 0 Å². The van der Waals surface area contributed by atoms with Crippen molar-refractivity contribution in [1.29, 1.82) is 0 Å². The van der Waals surface area contributed by atoms with Gasteiger partial charge in [0.1, 0.15) is 23.6 Å². The number of imidazole rings is 3. The van der Waals surface area contributed by atoms with E-state index in [2.05, 4.69) is 29.9 Å². The standard InChI is InChI=1S/C24H28N10O8P2S/c1-43(36)38-6-12-4-15(33-10-29-17-19(25)27-9-28-20(17)33)14(12)8-40-44(37,45)39-7-13-5-16(42-43)23(41-13)34-11-30-18-21(34)31-24-26-2-3-32(24)22(18)35/h2-3,9-16,23H,4-8H2,1H3,(H,26,31)(H,37,45)(H2,25,27,28)/t12-,13+,14-,15-,16-,23?,43+,44?/m1/s1. The van der Waals surface area contributed by atoms with Gasteiger partial charge in [0, 0.05) is 37.4 Å². The quantitative estimate of drug-likeness (QED) is 0.226. The minimum Gasteiger partial charge on any atom is -0.382 e. The second-order valence-corrected chi connectivity index (χ2v) is 16.2. The number of nitrogens with one attached hydrogen (secondary N) is 1. The summed E-state index contributed by atoms with van der Waals surface area (Å²) in [6, 6.07) is -0.139. The van der Waals surface area contributed by atoms with Crippen molar-refractivity contribution >= 4 is 60.0 Å². The van der Waals surface area contributed by atoms with Crippen LogP contribution in [0.5, 0.6) is 0 Å². The lowest BCUT2D eigenvalue weighted by Crippen LogP contribution is -2.43. The highest BCUT2D eigenvalue weighted by Gasteiger charge is 2.47. The Morgan fingerprint density at radius 1 is 1.04 bits per heavy atom. The molecule has 21 heteroatoms. The van der Waals surface area contributed by atoms with Crippen molar-refractivity contribution in [1.82, 2.24) is 43.4 Å². The Balaban J connectivity index is 1.08. The van der Waals surface area contributed by atoms with Crippen LogP contribution in [0.4, 0.5) is 5.82 Å². The number of aromatic nitrogens is 9. The van der Waals surface area contributed by atoms with Gasteiger partial charge in [-0.2, -0.15) is 0 Å². The maximum Gasteiger partial charge on any atom is 0.328 e. The summed E-state index contributed by atoms with van der Waals surface area (Å²) in [5, 5.41) is 0. The first-order valence-corrected chi connectivity index (χ1v) is 18.7. The minimum atomic E-state index is -3.69. The molecule has 2 unspecified atom stereocenters. The Hall–Kier alpha value is -3.12. The van der Waals surface area contributed by atoms with E-state index in [1.807, 2.05) is 4.57 Å². The number of rotatable bonds is 2. The van der Waals surface area contributed by atoms with E-state index >= 15 is 0 Å². The van der Waals surface area contributed by atoms with Gasteiger partial charge in [-0.25, -0.2) is 29.3 Å². The molecule has 3 aliphatic rings. The second kappa shape index (κ2) is 10.7. The summed E-state index contributed by atoms with van der Waals surface area (Å²) in [5.41, 5.74) is 7.18. The van der Waals surface area contributed by atoms with E-state index in [1.54, 1.807) is 10.9 Å². The van der Waals surface area contributed by atoms with Crippen LogP contribution in [0.25, 0.3) is 28.1 Å². The monoisotopic (exact) mass is 678 g/mol. The molecule has 0 aromatic carbocycles. The first kappa shape index (κ1) is 29.3. The average molecular weight is 679 g/mol. The highest BCUT2D eigenvalue weighted by atomic mass is 32.5. The Labute approximate surface area is 258 Å². The number of nitrogens with zero attached hydrogens (tertiary/aromatic N) is 8. The summed E-state index contributed by atoms with van der Waals surface area (Å²) in [6.45, 7) is -2.24.